The normalized spacial score (nSPS) is 30.1. The third-order valence-corrected chi connectivity index (χ3v) is 6.05. The first-order chi connectivity index (χ1) is 12.0. The van der Waals surface area contributed by atoms with Gasteiger partial charge in [0.2, 0.25) is 5.91 Å². The van der Waals surface area contributed by atoms with Crippen LogP contribution in [0.15, 0.2) is 0 Å². The van der Waals surface area contributed by atoms with Gasteiger partial charge in [-0.3, -0.25) is 4.79 Å². The van der Waals surface area contributed by atoms with Crippen LogP contribution in [0.3, 0.4) is 0 Å². The minimum Gasteiger partial charge on any atom is -0.342 e. The van der Waals surface area contributed by atoms with Crippen molar-refractivity contribution in [3.8, 4) is 0 Å². The van der Waals surface area contributed by atoms with Crippen molar-refractivity contribution < 1.29 is 9.59 Å². The summed E-state index contributed by atoms with van der Waals surface area (Å²) in [5, 5.41) is 6.47. The van der Waals surface area contributed by atoms with E-state index in [-0.39, 0.29) is 17.9 Å². The minimum atomic E-state index is -0.0189. The molecule has 0 aliphatic carbocycles. The van der Waals surface area contributed by atoms with Gasteiger partial charge < -0.3 is 20.4 Å². The van der Waals surface area contributed by atoms with Crippen molar-refractivity contribution >= 4 is 11.9 Å². The Kier molecular flexibility index (Phi) is 6.20. The summed E-state index contributed by atoms with van der Waals surface area (Å²) in [6.45, 7) is 10.2. The zero-order valence-corrected chi connectivity index (χ0v) is 15.8. The van der Waals surface area contributed by atoms with Gasteiger partial charge in [0.15, 0.2) is 0 Å². The smallest absolute Gasteiger partial charge is 0.317 e. The Balaban J connectivity index is 1.52. The summed E-state index contributed by atoms with van der Waals surface area (Å²) >= 11 is 0. The number of likely N-dealkylation sites (tertiary alicyclic amines) is 2. The molecule has 0 spiro atoms. The Morgan fingerprint density at radius 1 is 1.04 bits per heavy atom. The number of rotatable bonds is 3. The number of piperidine rings is 1. The van der Waals surface area contributed by atoms with E-state index in [0.29, 0.717) is 19.0 Å². The van der Waals surface area contributed by atoms with E-state index in [9.17, 15) is 9.59 Å². The van der Waals surface area contributed by atoms with E-state index in [1.165, 1.54) is 0 Å². The van der Waals surface area contributed by atoms with E-state index in [4.69, 9.17) is 0 Å². The van der Waals surface area contributed by atoms with E-state index in [1.54, 1.807) is 0 Å². The lowest BCUT2D eigenvalue weighted by atomic mass is 9.92. The van der Waals surface area contributed by atoms with Gasteiger partial charge in [-0.25, -0.2) is 4.79 Å². The summed E-state index contributed by atoms with van der Waals surface area (Å²) < 4.78 is 0. The molecule has 3 atom stereocenters. The van der Waals surface area contributed by atoms with Crippen LogP contribution < -0.4 is 10.6 Å². The molecule has 3 heterocycles. The lowest BCUT2D eigenvalue weighted by Gasteiger charge is -2.35. The highest BCUT2D eigenvalue weighted by Gasteiger charge is 2.35. The van der Waals surface area contributed by atoms with Crippen molar-refractivity contribution in [2.45, 2.75) is 39.5 Å². The molecule has 6 nitrogen and oxygen atoms in total. The molecule has 3 rings (SSSR count). The molecule has 0 saturated carbocycles. The Morgan fingerprint density at radius 2 is 1.72 bits per heavy atom. The molecule has 1 unspecified atom stereocenters. The van der Waals surface area contributed by atoms with Gasteiger partial charge in [0, 0.05) is 32.7 Å². The molecule has 3 amide bonds. The predicted molar refractivity (Wildman–Crippen MR) is 98.2 cm³/mol. The fraction of sp³-hybridized carbons (Fsp3) is 0.895. The second-order valence-electron chi connectivity index (χ2n) is 8.45. The number of fused-ring (bicyclic) bond motifs is 1. The number of carbonyl (C=O) groups excluding carboxylic acids is 2. The van der Waals surface area contributed by atoms with Gasteiger partial charge in [-0.1, -0.05) is 13.8 Å². The monoisotopic (exact) mass is 350 g/mol. The number of hydrogen-bond donors (Lipinski definition) is 2. The SMILES string of the molecule is CC(C)CNC(=O)N1CCCC(C(=O)N2CC[C@@H]3CNC[C@@H]3CC2)C1. The van der Waals surface area contributed by atoms with Crippen molar-refractivity contribution in [2.75, 3.05) is 45.8 Å². The summed E-state index contributed by atoms with van der Waals surface area (Å²) in [7, 11) is 0. The summed E-state index contributed by atoms with van der Waals surface area (Å²) in [6, 6.07) is -0.0114. The maximum atomic E-state index is 13.0. The van der Waals surface area contributed by atoms with Gasteiger partial charge in [-0.05, 0) is 56.5 Å². The molecule has 142 valence electrons. The van der Waals surface area contributed by atoms with Crippen molar-refractivity contribution in [3.63, 3.8) is 0 Å². The van der Waals surface area contributed by atoms with Crippen LogP contribution in [-0.2, 0) is 4.79 Å². The van der Waals surface area contributed by atoms with E-state index in [1.807, 2.05) is 4.90 Å². The molecule has 6 heteroatoms. The van der Waals surface area contributed by atoms with Crippen molar-refractivity contribution in [3.05, 3.63) is 0 Å². The molecule has 0 aromatic carbocycles. The molecule has 0 radical (unpaired) electrons. The van der Waals surface area contributed by atoms with Gasteiger partial charge >= 0.3 is 6.03 Å². The molecule has 0 aromatic rings. The lowest BCUT2D eigenvalue weighted by molar-refractivity contribution is -0.136. The zero-order chi connectivity index (χ0) is 17.8. The first kappa shape index (κ1) is 18.5. The molecule has 3 fully saturated rings. The molecule has 0 bridgehead atoms. The fourth-order valence-corrected chi connectivity index (χ4v) is 4.46. The largest absolute Gasteiger partial charge is 0.342 e. The average molecular weight is 351 g/mol. The van der Waals surface area contributed by atoms with Crippen LogP contribution in [0.1, 0.15) is 39.5 Å². The number of hydrogen-bond acceptors (Lipinski definition) is 3. The summed E-state index contributed by atoms with van der Waals surface area (Å²) in [4.78, 5) is 29.2. The standard InChI is InChI=1S/C19H34N4O2/c1-14(2)10-21-19(25)23-7-3-4-17(13-23)18(24)22-8-5-15-11-20-12-16(15)6-9-22/h14-17,20H,3-13H2,1-2H3,(H,21,25)/t15-,16+,17?. The topological polar surface area (TPSA) is 64.7 Å². The minimum absolute atomic E-state index is 0.0114. The van der Waals surface area contributed by atoms with Gasteiger partial charge in [0.1, 0.15) is 0 Å². The molecule has 0 aromatic heterocycles. The van der Waals surface area contributed by atoms with Crippen LogP contribution in [0.5, 0.6) is 0 Å². The number of nitrogens with zero attached hydrogens (tertiary/aromatic N) is 2. The van der Waals surface area contributed by atoms with Crippen molar-refractivity contribution in [1.29, 1.82) is 0 Å². The van der Waals surface area contributed by atoms with E-state index >= 15 is 0 Å². The highest BCUT2D eigenvalue weighted by Crippen LogP contribution is 2.28. The van der Waals surface area contributed by atoms with Crippen LogP contribution in [0.2, 0.25) is 0 Å². The molecule has 3 saturated heterocycles. The molecular weight excluding hydrogens is 316 g/mol. The van der Waals surface area contributed by atoms with Crippen LogP contribution in [0, 0.1) is 23.7 Å². The Bertz CT molecular complexity index is 468. The second-order valence-corrected chi connectivity index (χ2v) is 8.45. The summed E-state index contributed by atoms with van der Waals surface area (Å²) in [6.07, 6.45) is 4.08. The first-order valence-corrected chi connectivity index (χ1v) is 10.1. The van der Waals surface area contributed by atoms with E-state index in [2.05, 4.69) is 29.4 Å². The van der Waals surface area contributed by atoms with Crippen molar-refractivity contribution in [1.82, 2.24) is 20.4 Å². The molecular formula is C19H34N4O2. The Labute approximate surface area is 151 Å². The second kappa shape index (κ2) is 8.39. The Hall–Kier alpha value is -1.30. The quantitative estimate of drug-likeness (QED) is 0.811. The van der Waals surface area contributed by atoms with Gasteiger partial charge in [0.25, 0.3) is 0 Å². The molecule has 2 N–H and O–H groups in total. The molecule has 25 heavy (non-hydrogen) atoms. The summed E-state index contributed by atoms with van der Waals surface area (Å²) in [5.41, 5.74) is 0. The molecule has 3 aliphatic heterocycles. The van der Waals surface area contributed by atoms with Gasteiger partial charge in [0.05, 0.1) is 5.92 Å². The number of amides is 3. The third kappa shape index (κ3) is 4.66. The van der Waals surface area contributed by atoms with Gasteiger partial charge in [-0.15, -0.1) is 0 Å². The van der Waals surface area contributed by atoms with Gasteiger partial charge in [-0.2, -0.15) is 0 Å². The Morgan fingerprint density at radius 3 is 2.36 bits per heavy atom. The van der Waals surface area contributed by atoms with Crippen molar-refractivity contribution in [2.24, 2.45) is 23.7 Å². The number of nitrogens with one attached hydrogen (secondary N) is 2. The van der Waals surface area contributed by atoms with Crippen LogP contribution in [0.25, 0.3) is 0 Å². The van der Waals surface area contributed by atoms with Crippen LogP contribution in [-0.4, -0.2) is 67.6 Å². The van der Waals surface area contributed by atoms with E-state index in [0.717, 1.165) is 70.2 Å². The number of carbonyl (C=O) groups is 2. The average Bonchev–Trinajstić information content (AvgIpc) is 2.97. The fourth-order valence-electron chi connectivity index (χ4n) is 4.46. The lowest BCUT2D eigenvalue weighted by Crippen LogP contribution is -2.50. The third-order valence-electron chi connectivity index (χ3n) is 6.05. The van der Waals surface area contributed by atoms with E-state index < -0.39 is 0 Å². The highest BCUT2D eigenvalue weighted by atomic mass is 16.2. The summed E-state index contributed by atoms with van der Waals surface area (Å²) in [5.74, 6) is 2.17. The number of urea groups is 1. The molecule has 3 aliphatic rings. The predicted octanol–water partition coefficient (Wildman–Crippen LogP) is 1.52. The highest BCUT2D eigenvalue weighted by molar-refractivity contribution is 5.81. The van der Waals surface area contributed by atoms with Crippen LogP contribution in [0.4, 0.5) is 4.79 Å². The zero-order valence-electron chi connectivity index (χ0n) is 15.8. The maximum absolute atomic E-state index is 13.0. The van der Waals surface area contributed by atoms with Crippen LogP contribution >= 0.6 is 0 Å². The first-order valence-electron chi connectivity index (χ1n) is 10.1. The maximum Gasteiger partial charge on any atom is 0.317 e.